The summed E-state index contributed by atoms with van der Waals surface area (Å²) in [5.41, 5.74) is 3.23. The number of carboxylic acid groups (broad SMARTS) is 1. The first kappa shape index (κ1) is 14.4. The van der Waals surface area contributed by atoms with Gasteiger partial charge in [-0.25, -0.2) is 0 Å². The molecular formula is C15H19BrO3. The average molecular weight is 327 g/mol. The van der Waals surface area contributed by atoms with Crippen molar-refractivity contribution in [3.8, 4) is 5.75 Å². The largest absolute Gasteiger partial charge is 0.496 e. The molecule has 1 N–H and O–H groups in total. The Morgan fingerprint density at radius 2 is 2.11 bits per heavy atom. The molecule has 1 aromatic carbocycles. The first-order valence-corrected chi connectivity index (χ1v) is 7.30. The van der Waals surface area contributed by atoms with E-state index in [-0.39, 0.29) is 12.3 Å². The highest BCUT2D eigenvalue weighted by Crippen LogP contribution is 2.50. The fourth-order valence-corrected chi connectivity index (χ4v) is 3.36. The molecule has 1 fully saturated rings. The second-order valence-corrected chi connectivity index (χ2v) is 6.11. The van der Waals surface area contributed by atoms with Crippen LogP contribution in [0.25, 0.3) is 0 Å². The fraction of sp³-hybridized carbons (Fsp3) is 0.533. The highest BCUT2D eigenvalue weighted by molar-refractivity contribution is 9.10. The van der Waals surface area contributed by atoms with Crippen molar-refractivity contribution < 1.29 is 14.6 Å². The SMILES string of the molecule is COc1c(C)cc(C)c(Br)c1C(CC(=O)O)C1CC1. The summed E-state index contributed by atoms with van der Waals surface area (Å²) >= 11 is 3.62. The number of carbonyl (C=O) groups is 1. The van der Waals surface area contributed by atoms with Crippen LogP contribution in [0.3, 0.4) is 0 Å². The third-order valence-corrected chi connectivity index (χ3v) is 4.83. The monoisotopic (exact) mass is 326 g/mol. The van der Waals surface area contributed by atoms with Crippen LogP contribution in [0.2, 0.25) is 0 Å². The molecule has 1 atom stereocenters. The molecule has 1 aliphatic carbocycles. The van der Waals surface area contributed by atoms with Crippen LogP contribution in [0.5, 0.6) is 5.75 Å². The lowest BCUT2D eigenvalue weighted by atomic mass is 9.88. The molecule has 1 saturated carbocycles. The van der Waals surface area contributed by atoms with E-state index in [1.165, 1.54) is 0 Å². The van der Waals surface area contributed by atoms with E-state index in [9.17, 15) is 4.79 Å². The quantitative estimate of drug-likeness (QED) is 0.888. The Kier molecular flexibility index (Phi) is 4.19. The van der Waals surface area contributed by atoms with Crippen molar-refractivity contribution >= 4 is 21.9 Å². The zero-order chi connectivity index (χ0) is 14.2. The van der Waals surface area contributed by atoms with Gasteiger partial charge in [-0.3, -0.25) is 4.79 Å². The van der Waals surface area contributed by atoms with Crippen LogP contribution in [-0.4, -0.2) is 18.2 Å². The zero-order valence-electron chi connectivity index (χ0n) is 11.5. The van der Waals surface area contributed by atoms with E-state index in [4.69, 9.17) is 9.84 Å². The van der Waals surface area contributed by atoms with E-state index >= 15 is 0 Å². The number of hydrogen-bond acceptors (Lipinski definition) is 2. The highest BCUT2D eigenvalue weighted by atomic mass is 79.9. The van der Waals surface area contributed by atoms with E-state index in [2.05, 4.69) is 22.0 Å². The summed E-state index contributed by atoms with van der Waals surface area (Å²) in [5.74, 6) is 0.601. The molecule has 0 saturated heterocycles. The number of carboxylic acids is 1. The molecule has 0 bridgehead atoms. The van der Waals surface area contributed by atoms with Gasteiger partial charge in [-0.2, -0.15) is 0 Å². The smallest absolute Gasteiger partial charge is 0.303 e. The Labute approximate surface area is 122 Å². The lowest BCUT2D eigenvalue weighted by Gasteiger charge is -2.22. The van der Waals surface area contributed by atoms with E-state index in [1.807, 2.05) is 13.8 Å². The fourth-order valence-electron chi connectivity index (χ4n) is 2.77. The molecule has 1 unspecified atom stereocenters. The van der Waals surface area contributed by atoms with Crippen molar-refractivity contribution in [1.29, 1.82) is 0 Å². The number of rotatable bonds is 5. The molecule has 3 nitrogen and oxygen atoms in total. The Morgan fingerprint density at radius 3 is 2.58 bits per heavy atom. The number of hydrogen-bond donors (Lipinski definition) is 1. The van der Waals surface area contributed by atoms with Gasteiger partial charge >= 0.3 is 5.97 Å². The van der Waals surface area contributed by atoms with Crippen LogP contribution < -0.4 is 4.74 Å². The molecule has 104 valence electrons. The van der Waals surface area contributed by atoms with Crippen LogP contribution in [0.4, 0.5) is 0 Å². The summed E-state index contributed by atoms with van der Waals surface area (Å²) in [7, 11) is 1.65. The first-order valence-electron chi connectivity index (χ1n) is 6.51. The lowest BCUT2D eigenvalue weighted by Crippen LogP contribution is -2.11. The van der Waals surface area contributed by atoms with Crippen LogP contribution in [0.15, 0.2) is 10.5 Å². The van der Waals surface area contributed by atoms with Gasteiger partial charge in [0.25, 0.3) is 0 Å². The van der Waals surface area contributed by atoms with Gasteiger partial charge < -0.3 is 9.84 Å². The molecule has 0 amide bonds. The van der Waals surface area contributed by atoms with Gasteiger partial charge in [-0.15, -0.1) is 0 Å². The van der Waals surface area contributed by atoms with E-state index in [1.54, 1.807) is 7.11 Å². The zero-order valence-corrected chi connectivity index (χ0v) is 13.1. The van der Waals surface area contributed by atoms with Crippen LogP contribution in [-0.2, 0) is 4.79 Å². The summed E-state index contributed by atoms with van der Waals surface area (Å²) in [5, 5.41) is 9.16. The standard InChI is InChI=1S/C15H19BrO3/c1-8-6-9(2)15(19-3)13(14(8)16)11(7-12(17)18)10-4-5-10/h6,10-11H,4-5,7H2,1-3H3,(H,17,18). The maximum Gasteiger partial charge on any atom is 0.303 e. The first-order chi connectivity index (χ1) is 8.95. The predicted octanol–water partition coefficient (Wildman–Crippen LogP) is 4.04. The number of halogens is 1. The minimum absolute atomic E-state index is 0.0421. The van der Waals surface area contributed by atoms with Gasteiger partial charge in [0.05, 0.1) is 13.5 Å². The van der Waals surface area contributed by atoms with Gasteiger partial charge in [0.2, 0.25) is 0 Å². The molecule has 0 aromatic heterocycles. The van der Waals surface area contributed by atoms with Gasteiger partial charge in [0.1, 0.15) is 5.75 Å². The molecule has 4 heteroatoms. The predicted molar refractivity (Wildman–Crippen MR) is 77.9 cm³/mol. The molecule has 1 aromatic rings. The van der Waals surface area contributed by atoms with E-state index in [0.717, 1.165) is 39.8 Å². The average Bonchev–Trinajstić information content (AvgIpc) is 3.14. The number of aliphatic carboxylic acids is 1. The summed E-state index contributed by atoms with van der Waals surface area (Å²) < 4.78 is 6.52. The van der Waals surface area contributed by atoms with E-state index in [0.29, 0.717) is 5.92 Å². The molecule has 0 heterocycles. The van der Waals surface area contributed by atoms with Crippen molar-refractivity contribution in [1.82, 2.24) is 0 Å². The minimum atomic E-state index is -0.745. The number of ether oxygens (including phenoxy) is 1. The van der Waals surface area contributed by atoms with Crippen molar-refractivity contribution in [3.63, 3.8) is 0 Å². The lowest BCUT2D eigenvalue weighted by molar-refractivity contribution is -0.137. The molecule has 0 aliphatic heterocycles. The minimum Gasteiger partial charge on any atom is -0.496 e. The van der Waals surface area contributed by atoms with E-state index < -0.39 is 5.97 Å². The third-order valence-electron chi connectivity index (χ3n) is 3.78. The van der Waals surface area contributed by atoms with Crippen molar-refractivity contribution in [2.24, 2.45) is 5.92 Å². The molecule has 0 spiro atoms. The summed E-state index contributed by atoms with van der Waals surface area (Å²) in [6, 6.07) is 2.07. The maximum absolute atomic E-state index is 11.1. The molecular weight excluding hydrogens is 308 g/mol. The Bertz CT molecular complexity index is 507. The maximum atomic E-state index is 11.1. The van der Waals surface area contributed by atoms with Crippen LogP contribution in [0.1, 0.15) is 41.9 Å². The van der Waals surface area contributed by atoms with Gasteiger partial charge in [-0.1, -0.05) is 22.0 Å². The van der Waals surface area contributed by atoms with Crippen molar-refractivity contribution in [2.45, 2.75) is 39.0 Å². The van der Waals surface area contributed by atoms with Gasteiger partial charge in [0, 0.05) is 16.0 Å². The normalized spacial score (nSPS) is 16.2. The summed E-state index contributed by atoms with van der Waals surface area (Å²) in [6.45, 7) is 4.04. The Hall–Kier alpha value is -1.03. The molecule has 2 rings (SSSR count). The summed E-state index contributed by atoms with van der Waals surface area (Å²) in [6.07, 6.45) is 2.39. The molecule has 19 heavy (non-hydrogen) atoms. The third kappa shape index (κ3) is 2.94. The van der Waals surface area contributed by atoms with Crippen LogP contribution in [0, 0.1) is 19.8 Å². The van der Waals surface area contributed by atoms with Gasteiger partial charge in [0.15, 0.2) is 0 Å². The number of aryl methyl sites for hydroxylation is 2. The molecule has 1 aliphatic rings. The van der Waals surface area contributed by atoms with Crippen molar-refractivity contribution in [2.75, 3.05) is 7.11 Å². The second kappa shape index (κ2) is 5.53. The number of methoxy groups -OCH3 is 1. The summed E-state index contributed by atoms with van der Waals surface area (Å²) in [4.78, 5) is 11.1. The van der Waals surface area contributed by atoms with Crippen molar-refractivity contribution in [3.05, 3.63) is 27.2 Å². The topological polar surface area (TPSA) is 46.5 Å². The number of benzene rings is 1. The highest BCUT2D eigenvalue weighted by Gasteiger charge is 2.37. The van der Waals surface area contributed by atoms with Crippen LogP contribution >= 0.6 is 15.9 Å². The Morgan fingerprint density at radius 1 is 1.47 bits per heavy atom. The van der Waals surface area contributed by atoms with Gasteiger partial charge in [-0.05, 0) is 43.7 Å². The second-order valence-electron chi connectivity index (χ2n) is 5.31. The molecule has 0 radical (unpaired) electrons. The Balaban J connectivity index is 2.53.